The van der Waals surface area contributed by atoms with Crippen LogP contribution in [0.2, 0.25) is 0 Å². The van der Waals surface area contributed by atoms with Crippen LogP contribution in [0.4, 0.5) is 9.59 Å². The number of carbonyl (C=O) groups is 2. The van der Waals surface area contributed by atoms with Gasteiger partial charge in [0.25, 0.3) is 0 Å². The molecule has 2 aromatic rings. The Hall–Kier alpha value is -2.54. The number of hydrogen-bond acceptors (Lipinski definition) is 5. The highest BCUT2D eigenvalue weighted by Crippen LogP contribution is 2.49. The number of hydrogen-bond donors (Lipinski definition) is 1. The lowest BCUT2D eigenvalue weighted by molar-refractivity contribution is 0.0481. The van der Waals surface area contributed by atoms with Gasteiger partial charge in [0.15, 0.2) is 0 Å². The molecule has 1 aromatic carbocycles. The van der Waals surface area contributed by atoms with Crippen LogP contribution >= 0.6 is 0 Å². The summed E-state index contributed by atoms with van der Waals surface area (Å²) >= 11 is 0. The molecule has 176 valence electrons. The van der Waals surface area contributed by atoms with Crippen molar-refractivity contribution in [3.8, 4) is 0 Å². The average Bonchev–Trinajstić information content (AvgIpc) is 3.26. The van der Waals surface area contributed by atoms with Gasteiger partial charge in [0, 0.05) is 23.5 Å². The first-order valence-electron chi connectivity index (χ1n) is 11.2. The van der Waals surface area contributed by atoms with Crippen molar-refractivity contribution in [2.24, 2.45) is 0 Å². The van der Waals surface area contributed by atoms with Crippen molar-refractivity contribution >= 4 is 23.1 Å². The monoisotopic (exact) mass is 443 g/mol. The van der Waals surface area contributed by atoms with E-state index < -0.39 is 28.9 Å². The Morgan fingerprint density at radius 2 is 1.66 bits per heavy atom. The third kappa shape index (κ3) is 5.63. The van der Waals surface area contributed by atoms with E-state index in [1.807, 2.05) is 86.0 Å². The van der Waals surface area contributed by atoms with E-state index in [4.69, 9.17) is 9.47 Å². The fourth-order valence-corrected chi connectivity index (χ4v) is 4.06. The lowest BCUT2D eigenvalue weighted by Crippen LogP contribution is -2.47. The minimum absolute atomic E-state index is 0.120. The molecule has 1 aromatic heterocycles. The highest BCUT2D eigenvalue weighted by molar-refractivity contribution is 5.91. The molecule has 1 aliphatic rings. The standard InChI is InChI=1S/C25H37N3O4/c1-23(2,3)31-21(29)26-25(13-14-25)18(16-27(7)8)20-15-17-11-9-10-12-19(17)28(20)22(30)32-24(4,5)6/h9-12,15,18H,13-14,16H2,1-8H3,(H,26,29). The van der Waals surface area contributed by atoms with Crippen molar-refractivity contribution in [1.82, 2.24) is 14.8 Å². The van der Waals surface area contributed by atoms with Crippen molar-refractivity contribution < 1.29 is 19.1 Å². The van der Waals surface area contributed by atoms with Crippen molar-refractivity contribution in [1.29, 1.82) is 0 Å². The second-order valence-corrected chi connectivity index (χ2v) is 11.0. The van der Waals surface area contributed by atoms with Crippen molar-refractivity contribution in [3.63, 3.8) is 0 Å². The molecule has 0 aliphatic heterocycles. The topological polar surface area (TPSA) is 72.8 Å². The molecule has 0 radical (unpaired) electrons. The summed E-state index contributed by atoms with van der Waals surface area (Å²) in [6.07, 6.45) is 0.797. The van der Waals surface area contributed by atoms with Crippen molar-refractivity contribution in [3.05, 3.63) is 36.0 Å². The number of nitrogens with one attached hydrogen (secondary N) is 1. The summed E-state index contributed by atoms with van der Waals surface area (Å²) in [7, 11) is 3.99. The van der Waals surface area contributed by atoms with Crippen LogP contribution in [0, 0.1) is 0 Å². The Bertz CT molecular complexity index is 991. The summed E-state index contributed by atoms with van der Waals surface area (Å²) in [4.78, 5) is 28.1. The SMILES string of the molecule is CN(C)CC(c1cc2ccccc2n1C(=O)OC(C)(C)C)C1(NC(=O)OC(C)(C)C)CC1. The molecule has 1 unspecified atom stereocenters. The van der Waals surface area contributed by atoms with Gasteiger partial charge in [-0.3, -0.25) is 0 Å². The highest BCUT2D eigenvalue weighted by Gasteiger charge is 2.53. The van der Waals surface area contributed by atoms with Crippen molar-refractivity contribution in [2.75, 3.05) is 20.6 Å². The number of fused-ring (bicyclic) bond motifs is 1. The predicted molar refractivity (Wildman–Crippen MR) is 126 cm³/mol. The third-order valence-corrected chi connectivity index (χ3v) is 5.43. The second-order valence-electron chi connectivity index (χ2n) is 11.0. The smallest absolute Gasteiger partial charge is 0.419 e. The molecule has 1 aliphatic carbocycles. The molecule has 32 heavy (non-hydrogen) atoms. The van der Waals surface area contributed by atoms with Gasteiger partial charge in [-0.05, 0) is 80.6 Å². The summed E-state index contributed by atoms with van der Waals surface area (Å²) in [5.74, 6) is -0.120. The Labute approximate surface area is 191 Å². The van der Waals surface area contributed by atoms with E-state index in [0.29, 0.717) is 6.54 Å². The van der Waals surface area contributed by atoms with Crippen molar-refractivity contribution in [2.45, 2.75) is 77.0 Å². The van der Waals surface area contributed by atoms with E-state index >= 15 is 0 Å². The molecule has 1 saturated carbocycles. The lowest BCUT2D eigenvalue weighted by Gasteiger charge is -2.32. The van der Waals surface area contributed by atoms with Crippen LogP contribution in [0.5, 0.6) is 0 Å². The molecule has 0 saturated heterocycles. The maximum atomic E-state index is 13.3. The van der Waals surface area contributed by atoms with E-state index in [1.54, 1.807) is 4.57 Å². The van der Waals surface area contributed by atoms with Crippen LogP contribution in [0.15, 0.2) is 30.3 Å². The summed E-state index contributed by atoms with van der Waals surface area (Å²) in [6, 6.07) is 9.84. The van der Waals surface area contributed by atoms with E-state index in [-0.39, 0.29) is 5.92 Å². The largest absolute Gasteiger partial charge is 0.444 e. The zero-order valence-electron chi connectivity index (χ0n) is 20.6. The van der Waals surface area contributed by atoms with Gasteiger partial charge in [0.2, 0.25) is 0 Å². The first-order valence-corrected chi connectivity index (χ1v) is 11.2. The maximum absolute atomic E-state index is 13.3. The van der Waals surface area contributed by atoms with E-state index in [9.17, 15) is 9.59 Å². The van der Waals surface area contributed by atoms with Crippen LogP contribution in [-0.4, -0.2) is 59.0 Å². The summed E-state index contributed by atoms with van der Waals surface area (Å²) in [6.45, 7) is 11.8. The van der Waals surface area contributed by atoms with Gasteiger partial charge in [0.1, 0.15) is 11.2 Å². The quantitative estimate of drug-likeness (QED) is 0.694. The molecule has 0 spiro atoms. The van der Waals surface area contributed by atoms with Crippen LogP contribution in [-0.2, 0) is 9.47 Å². The average molecular weight is 444 g/mol. The molecule has 1 atom stereocenters. The number of rotatable bonds is 5. The number of aromatic nitrogens is 1. The zero-order valence-corrected chi connectivity index (χ0v) is 20.6. The molecule has 1 heterocycles. The van der Waals surface area contributed by atoms with Gasteiger partial charge >= 0.3 is 12.2 Å². The number of alkyl carbamates (subject to hydrolysis) is 1. The molecule has 1 amide bonds. The summed E-state index contributed by atoms with van der Waals surface area (Å²) in [5.41, 5.74) is -0.0390. The minimum atomic E-state index is -0.622. The van der Waals surface area contributed by atoms with E-state index in [0.717, 1.165) is 29.4 Å². The maximum Gasteiger partial charge on any atom is 0.419 e. The number of amides is 1. The van der Waals surface area contributed by atoms with Gasteiger partial charge < -0.3 is 19.7 Å². The van der Waals surface area contributed by atoms with Gasteiger partial charge in [-0.1, -0.05) is 18.2 Å². The normalized spacial score (nSPS) is 16.7. The molecule has 3 rings (SSSR count). The van der Waals surface area contributed by atoms with Crippen LogP contribution in [0.3, 0.4) is 0 Å². The number of nitrogens with zero attached hydrogens (tertiary/aromatic N) is 2. The zero-order chi connectivity index (χ0) is 23.9. The Balaban J connectivity index is 2.06. The van der Waals surface area contributed by atoms with Gasteiger partial charge in [-0.15, -0.1) is 0 Å². The van der Waals surface area contributed by atoms with Gasteiger partial charge in [-0.25, -0.2) is 14.2 Å². The highest BCUT2D eigenvalue weighted by atomic mass is 16.6. The number of ether oxygens (including phenoxy) is 2. The number of para-hydroxylation sites is 1. The van der Waals surface area contributed by atoms with E-state index in [2.05, 4.69) is 10.2 Å². The molecule has 0 bridgehead atoms. The Morgan fingerprint density at radius 3 is 2.19 bits per heavy atom. The Morgan fingerprint density at radius 1 is 1.06 bits per heavy atom. The molecule has 1 fully saturated rings. The summed E-state index contributed by atoms with van der Waals surface area (Å²) < 4.78 is 13.0. The summed E-state index contributed by atoms with van der Waals surface area (Å²) in [5, 5.41) is 4.10. The molecule has 7 nitrogen and oxygen atoms in total. The van der Waals surface area contributed by atoms with Gasteiger partial charge in [0.05, 0.1) is 11.1 Å². The van der Waals surface area contributed by atoms with Crippen LogP contribution < -0.4 is 5.32 Å². The Kier molecular flexibility index (Phi) is 6.35. The van der Waals surface area contributed by atoms with Crippen LogP contribution in [0.25, 0.3) is 10.9 Å². The fourth-order valence-electron chi connectivity index (χ4n) is 4.06. The third-order valence-electron chi connectivity index (χ3n) is 5.43. The minimum Gasteiger partial charge on any atom is -0.444 e. The fraction of sp³-hybridized carbons (Fsp3) is 0.600. The number of carbonyl (C=O) groups excluding carboxylic acids is 2. The number of benzene rings is 1. The predicted octanol–water partition coefficient (Wildman–Crippen LogP) is 5.13. The lowest BCUT2D eigenvalue weighted by atomic mass is 9.92. The molecule has 7 heteroatoms. The van der Waals surface area contributed by atoms with Crippen LogP contribution in [0.1, 0.15) is 66.0 Å². The first-order chi connectivity index (χ1) is 14.7. The molecular formula is C25H37N3O4. The molecule has 1 N–H and O–H groups in total. The molecular weight excluding hydrogens is 406 g/mol. The second kappa shape index (κ2) is 8.43. The van der Waals surface area contributed by atoms with E-state index in [1.165, 1.54) is 0 Å². The van der Waals surface area contributed by atoms with Gasteiger partial charge in [-0.2, -0.15) is 0 Å². The number of likely N-dealkylation sites (N-methyl/N-ethyl adjacent to an activating group) is 1. The first kappa shape index (κ1) is 24.1.